The van der Waals surface area contributed by atoms with E-state index in [0.29, 0.717) is 25.8 Å². The molecule has 2 fully saturated rings. The van der Waals surface area contributed by atoms with Crippen molar-refractivity contribution in [2.75, 3.05) is 13.1 Å². The summed E-state index contributed by atoms with van der Waals surface area (Å²) in [5, 5.41) is 0. The minimum Gasteiger partial charge on any atom is -0.335 e. The van der Waals surface area contributed by atoms with Gasteiger partial charge in [0.25, 0.3) is 5.92 Å². The molecule has 1 unspecified atom stereocenters. The number of piperidine rings is 1. The van der Waals surface area contributed by atoms with Gasteiger partial charge < -0.3 is 10.6 Å². The molecule has 1 aliphatic heterocycles. The van der Waals surface area contributed by atoms with Crippen molar-refractivity contribution < 1.29 is 13.6 Å². The molecule has 1 saturated heterocycles. The van der Waals surface area contributed by atoms with E-state index in [1.807, 2.05) is 0 Å². The summed E-state index contributed by atoms with van der Waals surface area (Å²) in [5.41, 5.74) is 4.61. The Morgan fingerprint density at radius 2 is 1.94 bits per heavy atom. The lowest BCUT2D eigenvalue weighted by atomic mass is 9.89. The van der Waals surface area contributed by atoms with E-state index in [9.17, 15) is 13.6 Å². The van der Waals surface area contributed by atoms with E-state index in [1.165, 1.54) is 11.8 Å². The number of rotatable bonds is 1. The molecule has 1 heterocycles. The van der Waals surface area contributed by atoms with E-state index in [4.69, 9.17) is 5.73 Å². The van der Waals surface area contributed by atoms with Gasteiger partial charge in [0.2, 0.25) is 5.91 Å². The number of amides is 1. The van der Waals surface area contributed by atoms with Gasteiger partial charge in [-0.05, 0) is 26.2 Å². The van der Waals surface area contributed by atoms with Crippen LogP contribution in [0.2, 0.25) is 0 Å². The van der Waals surface area contributed by atoms with E-state index in [0.717, 1.165) is 0 Å². The fourth-order valence-corrected chi connectivity index (χ4v) is 2.26. The van der Waals surface area contributed by atoms with Crippen molar-refractivity contribution in [2.45, 2.75) is 38.2 Å². The molecule has 16 heavy (non-hydrogen) atoms. The van der Waals surface area contributed by atoms with Crippen molar-refractivity contribution in [2.24, 2.45) is 11.1 Å². The monoisotopic (exact) mass is 254 g/mol. The third kappa shape index (κ3) is 2.02. The maximum Gasteiger partial charge on any atom is 0.270 e. The Bertz CT molecular complexity index is 293. The van der Waals surface area contributed by atoms with E-state index in [2.05, 4.69) is 0 Å². The first kappa shape index (κ1) is 13.6. The molecule has 0 aromatic carbocycles. The van der Waals surface area contributed by atoms with Gasteiger partial charge in [0, 0.05) is 12.0 Å². The largest absolute Gasteiger partial charge is 0.335 e. The lowest BCUT2D eigenvalue weighted by Crippen LogP contribution is -2.54. The van der Waals surface area contributed by atoms with Crippen LogP contribution in [0.5, 0.6) is 0 Å². The lowest BCUT2D eigenvalue weighted by molar-refractivity contribution is -0.155. The zero-order valence-electron chi connectivity index (χ0n) is 9.21. The first-order valence-corrected chi connectivity index (χ1v) is 5.30. The van der Waals surface area contributed by atoms with Gasteiger partial charge in [0.05, 0.1) is 12.6 Å². The van der Waals surface area contributed by atoms with Gasteiger partial charge in [-0.15, -0.1) is 12.4 Å². The molecule has 0 radical (unpaired) electrons. The minimum absolute atomic E-state index is 0. The number of carbonyl (C=O) groups is 1. The highest BCUT2D eigenvalue weighted by atomic mass is 35.5. The highest BCUT2D eigenvalue weighted by Crippen LogP contribution is 2.61. The smallest absolute Gasteiger partial charge is 0.270 e. The van der Waals surface area contributed by atoms with Crippen molar-refractivity contribution in [3.05, 3.63) is 0 Å². The zero-order chi connectivity index (χ0) is 11.3. The van der Waals surface area contributed by atoms with Gasteiger partial charge in [-0.3, -0.25) is 4.79 Å². The number of nitrogens with zero attached hydrogens (tertiary/aromatic N) is 1. The first-order valence-electron chi connectivity index (χ1n) is 5.30. The molecule has 2 aliphatic rings. The number of hydrogen-bond acceptors (Lipinski definition) is 2. The fourth-order valence-electron chi connectivity index (χ4n) is 2.26. The Hall–Kier alpha value is -0.420. The zero-order valence-corrected chi connectivity index (χ0v) is 10.0. The van der Waals surface area contributed by atoms with Crippen molar-refractivity contribution in [1.29, 1.82) is 0 Å². The maximum absolute atomic E-state index is 13.7. The number of carbonyl (C=O) groups excluding carboxylic acids is 1. The standard InChI is InChI=1S/C10H16F2N2O.ClH/c1-7(13)8(15)14-5-4-9(2-3-9)10(11,12)6-14;/h7H,2-6,13H2,1H3;1H. The lowest BCUT2D eigenvalue weighted by Gasteiger charge is -2.39. The molecular weight excluding hydrogens is 238 g/mol. The van der Waals surface area contributed by atoms with Crippen LogP contribution in [0, 0.1) is 5.41 Å². The molecule has 0 bridgehead atoms. The van der Waals surface area contributed by atoms with Gasteiger partial charge >= 0.3 is 0 Å². The predicted molar refractivity (Wildman–Crippen MR) is 58.7 cm³/mol. The quantitative estimate of drug-likeness (QED) is 0.769. The number of halogens is 3. The van der Waals surface area contributed by atoms with Crippen LogP contribution in [0.4, 0.5) is 8.78 Å². The maximum atomic E-state index is 13.7. The Labute approximate surface area is 99.8 Å². The average molecular weight is 255 g/mol. The molecule has 2 N–H and O–H groups in total. The third-order valence-corrected chi connectivity index (χ3v) is 3.58. The number of likely N-dealkylation sites (tertiary alicyclic amines) is 1. The van der Waals surface area contributed by atoms with Crippen molar-refractivity contribution >= 4 is 18.3 Å². The van der Waals surface area contributed by atoms with Crippen LogP contribution in [0.3, 0.4) is 0 Å². The van der Waals surface area contributed by atoms with Gasteiger partial charge in [-0.1, -0.05) is 0 Å². The summed E-state index contributed by atoms with van der Waals surface area (Å²) < 4.78 is 27.4. The molecule has 0 aromatic heterocycles. The number of alkyl halides is 2. The molecule has 0 aromatic rings. The van der Waals surface area contributed by atoms with E-state index in [-0.39, 0.29) is 18.3 Å². The third-order valence-electron chi connectivity index (χ3n) is 3.58. The van der Waals surface area contributed by atoms with Crippen LogP contribution in [0.25, 0.3) is 0 Å². The molecule has 1 saturated carbocycles. The normalized spacial score (nSPS) is 27.1. The summed E-state index contributed by atoms with van der Waals surface area (Å²) in [7, 11) is 0. The number of nitrogens with two attached hydrogens (primary N) is 1. The molecule has 1 spiro atoms. The van der Waals surface area contributed by atoms with Crippen molar-refractivity contribution in [3.8, 4) is 0 Å². The second kappa shape index (κ2) is 4.11. The SMILES string of the molecule is CC(N)C(=O)N1CCC2(CC2)C(F)(F)C1.Cl. The molecular formula is C10H17ClF2N2O. The Morgan fingerprint density at radius 3 is 2.31 bits per heavy atom. The summed E-state index contributed by atoms with van der Waals surface area (Å²) >= 11 is 0. The average Bonchev–Trinajstić information content (AvgIpc) is 2.90. The van der Waals surface area contributed by atoms with Crippen molar-refractivity contribution in [3.63, 3.8) is 0 Å². The second-order valence-corrected chi connectivity index (χ2v) is 4.78. The Balaban J connectivity index is 0.00000128. The predicted octanol–water partition coefficient (Wildman–Crippen LogP) is 1.40. The molecule has 6 heteroatoms. The molecule has 2 rings (SSSR count). The summed E-state index contributed by atoms with van der Waals surface area (Å²) in [5.74, 6) is -3.10. The van der Waals surface area contributed by atoms with Gasteiger partial charge in [-0.25, -0.2) is 8.78 Å². The topological polar surface area (TPSA) is 46.3 Å². The molecule has 3 nitrogen and oxygen atoms in total. The minimum atomic E-state index is -2.73. The molecule has 1 amide bonds. The van der Waals surface area contributed by atoms with Crippen LogP contribution in [-0.4, -0.2) is 35.9 Å². The fraction of sp³-hybridized carbons (Fsp3) is 0.900. The van der Waals surface area contributed by atoms with Gasteiger partial charge in [0.15, 0.2) is 0 Å². The Morgan fingerprint density at radius 1 is 1.38 bits per heavy atom. The van der Waals surface area contributed by atoms with Crippen LogP contribution in [-0.2, 0) is 4.79 Å². The van der Waals surface area contributed by atoms with E-state index in [1.54, 1.807) is 0 Å². The van der Waals surface area contributed by atoms with Gasteiger partial charge in [-0.2, -0.15) is 0 Å². The molecule has 1 atom stereocenters. The van der Waals surface area contributed by atoms with Crippen LogP contribution < -0.4 is 5.73 Å². The highest BCUT2D eigenvalue weighted by Gasteiger charge is 2.64. The molecule has 1 aliphatic carbocycles. The van der Waals surface area contributed by atoms with Crippen molar-refractivity contribution in [1.82, 2.24) is 4.90 Å². The van der Waals surface area contributed by atoms with Crippen LogP contribution in [0.1, 0.15) is 26.2 Å². The Kier molecular flexibility index (Phi) is 3.50. The van der Waals surface area contributed by atoms with E-state index < -0.39 is 23.9 Å². The summed E-state index contributed by atoms with van der Waals surface area (Å²) in [4.78, 5) is 12.7. The van der Waals surface area contributed by atoms with Gasteiger partial charge in [0.1, 0.15) is 0 Å². The van der Waals surface area contributed by atoms with E-state index >= 15 is 0 Å². The summed E-state index contributed by atoms with van der Waals surface area (Å²) in [6, 6.07) is -0.686. The molecule has 94 valence electrons. The van der Waals surface area contributed by atoms with Crippen LogP contribution >= 0.6 is 12.4 Å². The first-order chi connectivity index (χ1) is 6.88. The summed E-state index contributed by atoms with van der Waals surface area (Å²) in [6.45, 7) is 1.51. The number of hydrogen-bond donors (Lipinski definition) is 1. The summed E-state index contributed by atoms with van der Waals surface area (Å²) in [6.07, 6.45) is 1.61. The highest BCUT2D eigenvalue weighted by molar-refractivity contribution is 5.85. The van der Waals surface area contributed by atoms with Crippen LogP contribution in [0.15, 0.2) is 0 Å². The second-order valence-electron chi connectivity index (χ2n) is 4.78.